The van der Waals surface area contributed by atoms with Gasteiger partial charge in [-0.1, -0.05) is 24.3 Å². The van der Waals surface area contributed by atoms with Gasteiger partial charge < -0.3 is 5.32 Å². The molecule has 1 unspecified atom stereocenters. The lowest BCUT2D eigenvalue weighted by molar-refractivity contribution is 0.564. The molecule has 2 aromatic rings. The first-order chi connectivity index (χ1) is 9.74. The second kappa shape index (κ2) is 5.61. The maximum atomic E-state index is 13.6. The highest BCUT2D eigenvalue weighted by Crippen LogP contribution is 2.31. The molecule has 0 amide bonds. The molecule has 1 aliphatic rings. The van der Waals surface area contributed by atoms with Crippen LogP contribution < -0.4 is 5.32 Å². The van der Waals surface area contributed by atoms with Crippen molar-refractivity contribution in [1.29, 1.82) is 0 Å². The Balaban J connectivity index is 1.73. The molecule has 0 radical (unpaired) electrons. The summed E-state index contributed by atoms with van der Waals surface area (Å²) < 4.78 is 26.5. The first-order valence-corrected chi connectivity index (χ1v) is 7.01. The molecular weight excluding hydrogens is 256 g/mol. The van der Waals surface area contributed by atoms with Crippen LogP contribution in [0.3, 0.4) is 0 Å². The van der Waals surface area contributed by atoms with E-state index >= 15 is 0 Å². The van der Waals surface area contributed by atoms with Crippen LogP contribution in [0.2, 0.25) is 0 Å². The number of anilines is 1. The smallest absolute Gasteiger partial charge is 0.149 e. The number of fused-ring (bicyclic) bond motifs is 1. The summed E-state index contributed by atoms with van der Waals surface area (Å²) in [5, 5.41) is 3.11. The second-order valence-corrected chi connectivity index (χ2v) is 5.29. The van der Waals surface area contributed by atoms with Crippen LogP contribution in [0.25, 0.3) is 0 Å². The Kier molecular flexibility index (Phi) is 3.68. The van der Waals surface area contributed by atoms with Gasteiger partial charge in [-0.25, -0.2) is 8.78 Å². The van der Waals surface area contributed by atoms with Crippen molar-refractivity contribution in [2.45, 2.75) is 25.2 Å². The standard InChI is InChI=1S/C17H17F2N/c18-14-8-9-17(16(19)10-14)20-11-13-6-3-5-12-4-1-2-7-15(12)13/h1-2,4,7-10,13,20H,3,5-6,11H2. The monoisotopic (exact) mass is 273 g/mol. The van der Waals surface area contributed by atoms with Crippen LogP contribution in [0.4, 0.5) is 14.5 Å². The summed E-state index contributed by atoms with van der Waals surface area (Å²) in [5.74, 6) is -0.686. The third-order valence-electron chi connectivity index (χ3n) is 3.96. The number of hydrogen-bond donors (Lipinski definition) is 1. The van der Waals surface area contributed by atoms with E-state index in [2.05, 4.69) is 29.6 Å². The van der Waals surface area contributed by atoms with Gasteiger partial charge in [-0.05, 0) is 42.5 Å². The quantitative estimate of drug-likeness (QED) is 0.868. The average Bonchev–Trinajstić information content (AvgIpc) is 2.46. The third kappa shape index (κ3) is 2.67. The topological polar surface area (TPSA) is 12.0 Å². The molecule has 1 aliphatic carbocycles. The molecule has 0 fully saturated rings. The predicted molar refractivity (Wildman–Crippen MR) is 77.0 cm³/mol. The minimum Gasteiger partial charge on any atom is -0.382 e. The summed E-state index contributed by atoms with van der Waals surface area (Å²) in [6, 6.07) is 12.1. The van der Waals surface area contributed by atoms with E-state index in [1.54, 1.807) is 0 Å². The van der Waals surface area contributed by atoms with E-state index in [9.17, 15) is 8.78 Å². The van der Waals surface area contributed by atoms with E-state index in [4.69, 9.17) is 0 Å². The summed E-state index contributed by atoms with van der Waals surface area (Å²) >= 11 is 0. The van der Waals surface area contributed by atoms with Gasteiger partial charge in [-0.2, -0.15) is 0 Å². The lowest BCUT2D eigenvalue weighted by atomic mass is 9.83. The zero-order valence-electron chi connectivity index (χ0n) is 11.2. The Morgan fingerprint density at radius 1 is 1.10 bits per heavy atom. The summed E-state index contributed by atoms with van der Waals surface area (Å²) in [6.45, 7) is 0.680. The van der Waals surface area contributed by atoms with E-state index in [0.29, 0.717) is 18.2 Å². The average molecular weight is 273 g/mol. The molecule has 0 aromatic heterocycles. The Morgan fingerprint density at radius 2 is 1.95 bits per heavy atom. The van der Waals surface area contributed by atoms with Crippen molar-refractivity contribution < 1.29 is 8.78 Å². The lowest BCUT2D eigenvalue weighted by Crippen LogP contribution is -2.18. The largest absolute Gasteiger partial charge is 0.382 e. The van der Waals surface area contributed by atoms with Crippen LogP contribution in [0.5, 0.6) is 0 Å². The van der Waals surface area contributed by atoms with E-state index < -0.39 is 11.6 Å². The van der Waals surface area contributed by atoms with Gasteiger partial charge in [0.2, 0.25) is 0 Å². The maximum absolute atomic E-state index is 13.6. The Hall–Kier alpha value is -1.90. The van der Waals surface area contributed by atoms with Gasteiger partial charge in [0.05, 0.1) is 5.69 Å². The molecule has 1 N–H and O–H groups in total. The Bertz CT molecular complexity index is 610. The second-order valence-electron chi connectivity index (χ2n) is 5.29. The Morgan fingerprint density at radius 3 is 2.80 bits per heavy atom. The van der Waals surface area contributed by atoms with Gasteiger partial charge in [0.1, 0.15) is 11.6 Å². The number of nitrogens with one attached hydrogen (secondary N) is 1. The van der Waals surface area contributed by atoms with E-state index in [-0.39, 0.29) is 0 Å². The number of halogens is 2. The molecule has 1 atom stereocenters. The molecule has 3 rings (SSSR count). The highest BCUT2D eigenvalue weighted by molar-refractivity contribution is 5.45. The molecule has 104 valence electrons. The lowest BCUT2D eigenvalue weighted by Gasteiger charge is -2.26. The van der Waals surface area contributed by atoms with Gasteiger partial charge in [0.25, 0.3) is 0 Å². The molecule has 0 spiro atoms. The number of rotatable bonds is 3. The summed E-state index contributed by atoms with van der Waals surface area (Å²) in [5.41, 5.74) is 3.12. The fourth-order valence-corrected chi connectivity index (χ4v) is 2.93. The van der Waals surface area contributed by atoms with Crippen LogP contribution in [0.1, 0.15) is 29.9 Å². The molecule has 0 heterocycles. The minimum absolute atomic E-state index is 0.370. The van der Waals surface area contributed by atoms with Gasteiger partial charge in [-0.15, -0.1) is 0 Å². The van der Waals surface area contributed by atoms with Crippen molar-refractivity contribution in [2.24, 2.45) is 0 Å². The molecule has 0 bridgehead atoms. The fourth-order valence-electron chi connectivity index (χ4n) is 2.93. The van der Waals surface area contributed by atoms with Crippen LogP contribution in [0.15, 0.2) is 42.5 Å². The van der Waals surface area contributed by atoms with Crippen LogP contribution >= 0.6 is 0 Å². The van der Waals surface area contributed by atoms with Crippen molar-refractivity contribution in [2.75, 3.05) is 11.9 Å². The van der Waals surface area contributed by atoms with Crippen LogP contribution in [-0.4, -0.2) is 6.54 Å². The molecule has 0 aliphatic heterocycles. The number of aryl methyl sites for hydroxylation is 1. The van der Waals surface area contributed by atoms with Crippen LogP contribution in [-0.2, 0) is 6.42 Å². The van der Waals surface area contributed by atoms with Crippen molar-refractivity contribution in [3.8, 4) is 0 Å². The molecule has 1 nitrogen and oxygen atoms in total. The van der Waals surface area contributed by atoms with Gasteiger partial charge in [0.15, 0.2) is 0 Å². The summed E-state index contributed by atoms with van der Waals surface area (Å²) in [4.78, 5) is 0. The van der Waals surface area contributed by atoms with E-state index in [0.717, 1.165) is 25.3 Å². The molecule has 0 saturated heterocycles. The SMILES string of the molecule is Fc1ccc(NCC2CCCc3ccccc32)c(F)c1. The van der Waals surface area contributed by atoms with Crippen molar-refractivity contribution in [3.63, 3.8) is 0 Å². The summed E-state index contributed by atoms with van der Waals surface area (Å²) in [6.07, 6.45) is 3.39. The highest BCUT2D eigenvalue weighted by atomic mass is 19.1. The predicted octanol–water partition coefficient (Wildman–Crippen LogP) is 4.50. The zero-order chi connectivity index (χ0) is 13.9. The Labute approximate surface area is 117 Å². The molecule has 3 heteroatoms. The molecular formula is C17H17F2N. The van der Waals surface area contributed by atoms with Gasteiger partial charge in [0, 0.05) is 18.5 Å². The molecule has 2 aromatic carbocycles. The molecule has 20 heavy (non-hydrogen) atoms. The molecule has 0 saturated carbocycles. The maximum Gasteiger partial charge on any atom is 0.149 e. The van der Waals surface area contributed by atoms with Crippen LogP contribution in [0, 0.1) is 11.6 Å². The van der Waals surface area contributed by atoms with Crippen molar-refractivity contribution in [3.05, 3.63) is 65.2 Å². The first kappa shape index (κ1) is 13.1. The van der Waals surface area contributed by atoms with Gasteiger partial charge in [-0.3, -0.25) is 0 Å². The van der Waals surface area contributed by atoms with Crippen molar-refractivity contribution >= 4 is 5.69 Å². The van der Waals surface area contributed by atoms with E-state index in [1.165, 1.54) is 23.3 Å². The number of benzene rings is 2. The first-order valence-electron chi connectivity index (χ1n) is 7.01. The van der Waals surface area contributed by atoms with E-state index in [1.807, 2.05) is 0 Å². The highest BCUT2D eigenvalue weighted by Gasteiger charge is 2.19. The van der Waals surface area contributed by atoms with Gasteiger partial charge >= 0.3 is 0 Å². The van der Waals surface area contributed by atoms with Crippen molar-refractivity contribution in [1.82, 2.24) is 0 Å². The fraction of sp³-hybridized carbons (Fsp3) is 0.294. The number of hydrogen-bond acceptors (Lipinski definition) is 1. The zero-order valence-corrected chi connectivity index (χ0v) is 11.2. The third-order valence-corrected chi connectivity index (χ3v) is 3.96. The minimum atomic E-state index is -0.545. The normalized spacial score (nSPS) is 17.6. The summed E-state index contributed by atoms with van der Waals surface area (Å²) in [7, 11) is 0.